The predicted octanol–water partition coefficient (Wildman–Crippen LogP) is 3.59. The lowest BCUT2D eigenvalue weighted by molar-refractivity contribution is -0.113. The summed E-state index contributed by atoms with van der Waals surface area (Å²) in [5.41, 5.74) is 2.53. The zero-order chi connectivity index (χ0) is 25.2. The van der Waals surface area contributed by atoms with Crippen LogP contribution in [0.15, 0.2) is 99.9 Å². The first-order valence-electron chi connectivity index (χ1n) is 11.3. The molecular formula is C28H23N3O4S. The Morgan fingerprint density at radius 2 is 1.75 bits per heavy atom. The highest BCUT2D eigenvalue weighted by atomic mass is 32.1. The van der Waals surface area contributed by atoms with E-state index in [1.807, 2.05) is 48.5 Å². The average Bonchev–Trinajstić information content (AvgIpc) is 3.19. The summed E-state index contributed by atoms with van der Waals surface area (Å²) in [6.45, 7) is 1.78. The van der Waals surface area contributed by atoms with Crippen molar-refractivity contribution in [3.63, 3.8) is 0 Å². The van der Waals surface area contributed by atoms with Gasteiger partial charge in [0.25, 0.3) is 11.5 Å². The maximum atomic E-state index is 13.7. The molecule has 0 spiro atoms. The van der Waals surface area contributed by atoms with Gasteiger partial charge >= 0.3 is 0 Å². The van der Waals surface area contributed by atoms with E-state index in [0.29, 0.717) is 37.6 Å². The van der Waals surface area contributed by atoms with Gasteiger partial charge in [-0.1, -0.05) is 72.0 Å². The number of phenolic OH excluding ortho intramolecular Hbond substituents is 1. The number of aromatic nitrogens is 1. The van der Waals surface area contributed by atoms with Gasteiger partial charge in [0.15, 0.2) is 16.3 Å². The number of carbonyl (C=O) groups is 1. The van der Waals surface area contributed by atoms with Crippen LogP contribution in [0.4, 0.5) is 5.69 Å². The Kier molecular flexibility index (Phi) is 6.26. The van der Waals surface area contributed by atoms with E-state index in [0.717, 1.165) is 5.56 Å². The van der Waals surface area contributed by atoms with Crippen LogP contribution >= 0.6 is 11.3 Å². The standard InChI is InChI=1S/C28H23N3O4S/c1-17-23(26(33)30-20-13-7-4-8-14-20)24(18-10-5-3-6-11-18)31-27(34)22(36-28(31)29-17)16-19-12-9-15-21(35-2)25(19)32/h3-16,24,32H,1-2H3,(H,30,33)/t24-/m1/s1. The van der Waals surface area contributed by atoms with E-state index >= 15 is 0 Å². The highest BCUT2D eigenvalue weighted by Gasteiger charge is 2.32. The largest absolute Gasteiger partial charge is 0.504 e. The molecule has 2 heterocycles. The SMILES string of the molecule is COc1cccc(C=c2sc3n(c2=O)[C@H](c2ccccc2)C(C(=O)Nc2ccccc2)=C(C)N=3)c1O. The molecule has 1 aromatic heterocycles. The van der Waals surface area contributed by atoms with Crippen LogP contribution in [0, 0.1) is 0 Å². The number of aromatic hydroxyl groups is 1. The topological polar surface area (TPSA) is 92.9 Å². The van der Waals surface area contributed by atoms with Crippen molar-refractivity contribution in [2.24, 2.45) is 4.99 Å². The Balaban J connectivity index is 1.68. The van der Waals surface area contributed by atoms with Crippen molar-refractivity contribution < 1.29 is 14.6 Å². The van der Waals surface area contributed by atoms with Gasteiger partial charge in [-0.3, -0.25) is 14.2 Å². The van der Waals surface area contributed by atoms with E-state index in [4.69, 9.17) is 4.74 Å². The monoisotopic (exact) mass is 497 g/mol. The Morgan fingerprint density at radius 3 is 2.44 bits per heavy atom. The van der Waals surface area contributed by atoms with Crippen molar-refractivity contribution in [2.45, 2.75) is 13.0 Å². The number of benzene rings is 3. The van der Waals surface area contributed by atoms with Crippen LogP contribution in [0.25, 0.3) is 6.08 Å². The zero-order valence-electron chi connectivity index (χ0n) is 19.6. The van der Waals surface area contributed by atoms with Crippen LogP contribution < -0.4 is 24.9 Å². The lowest BCUT2D eigenvalue weighted by Gasteiger charge is -2.25. The highest BCUT2D eigenvalue weighted by Crippen LogP contribution is 2.31. The maximum absolute atomic E-state index is 13.7. The summed E-state index contributed by atoms with van der Waals surface area (Å²) in [5, 5.41) is 13.5. The van der Waals surface area contributed by atoms with E-state index in [2.05, 4.69) is 10.3 Å². The smallest absolute Gasteiger partial charge is 0.271 e. The van der Waals surface area contributed by atoms with Crippen molar-refractivity contribution in [3.05, 3.63) is 121 Å². The number of hydrogen-bond acceptors (Lipinski definition) is 6. The van der Waals surface area contributed by atoms with Crippen molar-refractivity contribution in [3.8, 4) is 11.5 Å². The summed E-state index contributed by atoms with van der Waals surface area (Å²) >= 11 is 1.21. The van der Waals surface area contributed by atoms with Crippen LogP contribution in [0.3, 0.4) is 0 Å². The quantitative estimate of drug-likeness (QED) is 0.441. The normalized spacial score (nSPS) is 15.3. The molecule has 8 heteroatoms. The van der Waals surface area contributed by atoms with Crippen molar-refractivity contribution in [1.29, 1.82) is 0 Å². The van der Waals surface area contributed by atoms with Crippen molar-refractivity contribution in [2.75, 3.05) is 12.4 Å². The van der Waals surface area contributed by atoms with E-state index in [1.54, 1.807) is 47.9 Å². The number of methoxy groups -OCH3 is 1. The molecule has 180 valence electrons. The molecule has 5 rings (SSSR count). The Bertz CT molecular complexity index is 1650. The molecule has 1 amide bonds. The Hall–Kier alpha value is -4.43. The highest BCUT2D eigenvalue weighted by molar-refractivity contribution is 7.07. The molecule has 0 aliphatic carbocycles. The van der Waals surface area contributed by atoms with Gasteiger partial charge in [-0.05, 0) is 36.8 Å². The van der Waals surface area contributed by atoms with Crippen LogP contribution in [0.2, 0.25) is 0 Å². The molecule has 1 aliphatic heterocycles. The molecule has 1 atom stereocenters. The number of anilines is 1. The minimum atomic E-state index is -0.660. The second-order valence-corrected chi connectivity index (χ2v) is 9.22. The fourth-order valence-corrected chi connectivity index (χ4v) is 5.28. The zero-order valence-corrected chi connectivity index (χ0v) is 20.5. The van der Waals surface area contributed by atoms with Gasteiger partial charge < -0.3 is 15.2 Å². The third-order valence-electron chi connectivity index (χ3n) is 5.95. The molecular weight excluding hydrogens is 474 g/mol. The summed E-state index contributed by atoms with van der Waals surface area (Å²) in [6, 6.07) is 23.0. The van der Waals surface area contributed by atoms with Crippen molar-refractivity contribution >= 4 is 29.0 Å². The second-order valence-electron chi connectivity index (χ2n) is 8.21. The van der Waals surface area contributed by atoms with Gasteiger partial charge in [0.1, 0.15) is 0 Å². The number of thiazole rings is 1. The number of allylic oxidation sites excluding steroid dienone is 1. The summed E-state index contributed by atoms with van der Waals surface area (Å²) in [5.74, 6) is -0.0602. The number of para-hydroxylation sites is 2. The average molecular weight is 498 g/mol. The Labute approximate surface area is 211 Å². The molecule has 0 radical (unpaired) electrons. The minimum Gasteiger partial charge on any atom is -0.504 e. The molecule has 0 fully saturated rings. The van der Waals surface area contributed by atoms with Crippen LogP contribution in [-0.2, 0) is 4.79 Å². The summed E-state index contributed by atoms with van der Waals surface area (Å²) in [6.07, 6.45) is 1.62. The van der Waals surface area contributed by atoms with E-state index < -0.39 is 6.04 Å². The first kappa shape index (κ1) is 23.3. The number of nitrogens with one attached hydrogen (secondary N) is 1. The molecule has 2 N–H and O–H groups in total. The number of carbonyl (C=O) groups excluding carboxylic acids is 1. The fraction of sp³-hybridized carbons (Fsp3) is 0.107. The lowest BCUT2D eigenvalue weighted by atomic mass is 9.95. The number of ether oxygens (including phenoxy) is 1. The van der Waals surface area contributed by atoms with Gasteiger partial charge in [0, 0.05) is 11.3 Å². The molecule has 7 nitrogen and oxygen atoms in total. The third kappa shape index (κ3) is 4.23. The number of amides is 1. The number of hydrogen-bond donors (Lipinski definition) is 2. The molecule has 0 bridgehead atoms. The van der Waals surface area contributed by atoms with Crippen LogP contribution in [-0.4, -0.2) is 22.7 Å². The van der Waals surface area contributed by atoms with Gasteiger partial charge in [0.2, 0.25) is 0 Å². The molecule has 0 unspecified atom stereocenters. The van der Waals surface area contributed by atoms with Crippen molar-refractivity contribution in [1.82, 2.24) is 4.57 Å². The summed E-state index contributed by atoms with van der Waals surface area (Å²) in [7, 11) is 1.47. The summed E-state index contributed by atoms with van der Waals surface area (Å²) < 4.78 is 7.13. The minimum absolute atomic E-state index is 0.0513. The molecule has 3 aromatic carbocycles. The molecule has 36 heavy (non-hydrogen) atoms. The third-order valence-corrected chi connectivity index (χ3v) is 6.93. The first-order valence-corrected chi connectivity index (χ1v) is 12.1. The van der Waals surface area contributed by atoms with E-state index in [1.165, 1.54) is 18.4 Å². The predicted molar refractivity (Wildman–Crippen MR) is 140 cm³/mol. The second kappa shape index (κ2) is 9.67. The van der Waals surface area contributed by atoms with Crippen LogP contribution in [0.1, 0.15) is 24.1 Å². The van der Waals surface area contributed by atoms with E-state index in [9.17, 15) is 14.7 Å². The van der Waals surface area contributed by atoms with Gasteiger partial charge in [-0.25, -0.2) is 4.99 Å². The maximum Gasteiger partial charge on any atom is 0.271 e. The van der Waals surface area contributed by atoms with Crippen LogP contribution in [0.5, 0.6) is 11.5 Å². The molecule has 4 aromatic rings. The first-order chi connectivity index (χ1) is 17.5. The lowest BCUT2D eigenvalue weighted by Crippen LogP contribution is -2.40. The molecule has 0 saturated heterocycles. The van der Waals surface area contributed by atoms with Gasteiger partial charge in [-0.2, -0.15) is 0 Å². The van der Waals surface area contributed by atoms with Gasteiger partial charge in [-0.15, -0.1) is 0 Å². The fourth-order valence-electron chi connectivity index (χ4n) is 4.24. The molecule has 0 saturated carbocycles. The Morgan fingerprint density at radius 1 is 1.06 bits per heavy atom. The van der Waals surface area contributed by atoms with Gasteiger partial charge in [0.05, 0.1) is 29.0 Å². The van der Waals surface area contributed by atoms with E-state index in [-0.39, 0.29) is 17.2 Å². The molecule has 1 aliphatic rings. The number of nitrogens with zero attached hydrogens (tertiary/aromatic N) is 2. The number of rotatable bonds is 5. The summed E-state index contributed by atoms with van der Waals surface area (Å²) in [4.78, 5) is 32.3. The number of fused-ring (bicyclic) bond motifs is 1. The number of phenols is 1.